The van der Waals surface area contributed by atoms with Crippen LogP contribution in [-0.2, 0) is 11.3 Å². The first-order valence-corrected chi connectivity index (χ1v) is 10.2. The maximum Gasteiger partial charge on any atom is 0.303 e. The molecule has 0 unspecified atom stereocenters. The molecule has 6 heteroatoms. The van der Waals surface area contributed by atoms with Crippen LogP contribution in [0.4, 0.5) is 0 Å². The highest BCUT2D eigenvalue weighted by atomic mass is 16.5. The van der Waals surface area contributed by atoms with Gasteiger partial charge < -0.3 is 19.2 Å². The minimum atomic E-state index is -0.811. The molecule has 0 atom stereocenters. The van der Waals surface area contributed by atoms with Gasteiger partial charge >= 0.3 is 5.97 Å². The van der Waals surface area contributed by atoms with Crippen LogP contribution in [0.5, 0.6) is 5.75 Å². The molecule has 0 spiro atoms. The Hall–Kier alpha value is -3.54. The van der Waals surface area contributed by atoms with Gasteiger partial charge in [-0.2, -0.15) is 0 Å². The Balaban J connectivity index is 1.65. The Morgan fingerprint density at radius 3 is 2.68 bits per heavy atom. The van der Waals surface area contributed by atoms with Crippen molar-refractivity contribution < 1.29 is 23.8 Å². The lowest BCUT2D eigenvalue weighted by Crippen LogP contribution is -2.26. The van der Waals surface area contributed by atoms with E-state index in [0.717, 1.165) is 27.9 Å². The average molecular weight is 421 g/mol. The van der Waals surface area contributed by atoms with Crippen LogP contribution in [0.2, 0.25) is 0 Å². The van der Waals surface area contributed by atoms with Crippen molar-refractivity contribution in [1.82, 2.24) is 4.90 Å². The first-order valence-electron chi connectivity index (χ1n) is 10.2. The number of fused-ring (bicyclic) bond motifs is 1. The number of nitrogens with zero attached hydrogens (tertiary/aromatic N) is 1. The zero-order chi connectivity index (χ0) is 22.4. The topological polar surface area (TPSA) is 80.0 Å². The SMILES string of the molecule is C/C(=C\COc1ccccc1CN(C)C(=O)c1ccc2oc(C)cc2c1)CCC(=O)O. The minimum absolute atomic E-state index is 0.0834. The third kappa shape index (κ3) is 5.98. The lowest BCUT2D eigenvalue weighted by Gasteiger charge is -2.19. The normalized spacial score (nSPS) is 11.5. The number of hydrogen-bond donors (Lipinski definition) is 1. The molecule has 6 nitrogen and oxygen atoms in total. The molecule has 3 rings (SSSR count). The molecule has 1 heterocycles. The van der Waals surface area contributed by atoms with Gasteiger partial charge in [-0.15, -0.1) is 0 Å². The lowest BCUT2D eigenvalue weighted by molar-refractivity contribution is -0.136. The molecule has 1 N–H and O–H groups in total. The van der Waals surface area contributed by atoms with E-state index in [2.05, 4.69) is 0 Å². The summed E-state index contributed by atoms with van der Waals surface area (Å²) in [5.74, 6) is 0.616. The van der Waals surface area contributed by atoms with Crippen LogP contribution in [0.3, 0.4) is 0 Å². The highest BCUT2D eigenvalue weighted by Gasteiger charge is 2.15. The van der Waals surface area contributed by atoms with Crippen molar-refractivity contribution in [1.29, 1.82) is 0 Å². The molecule has 3 aromatic rings. The Kier molecular flexibility index (Phi) is 7.13. The largest absolute Gasteiger partial charge is 0.489 e. The molecule has 0 saturated heterocycles. The summed E-state index contributed by atoms with van der Waals surface area (Å²) in [4.78, 5) is 25.3. The van der Waals surface area contributed by atoms with Gasteiger partial charge in [-0.1, -0.05) is 23.8 Å². The van der Waals surface area contributed by atoms with Gasteiger partial charge in [-0.3, -0.25) is 9.59 Å². The van der Waals surface area contributed by atoms with Crippen LogP contribution in [0, 0.1) is 6.92 Å². The molecule has 0 aliphatic heterocycles. The molecule has 31 heavy (non-hydrogen) atoms. The molecular formula is C25H27NO5. The van der Waals surface area contributed by atoms with Gasteiger partial charge in [0.15, 0.2) is 0 Å². The zero-order valence-electron chi connectivity index (χ0n) is 18.1. The van der Waals surface area contributed by atoms with E-state index in [4.69, 9.17) is 14.3 Å². The van der Waals surface area contributed by atoms with Crippen molar-refractivity contribution in [2.75, 3.05) is 13.7 Å². The third-order valence-electron chi connectivity index (χ3n) is 5.02. The predicted molar refractivity (Wildman–Crippen MR) is 119 cm³/mol. The number of allylic oxidation sites excluding steroid dienone is 1. The van der Waals surface area contributed by atoms with Crippen LogP contribution in [0.15, 0.2) is 64.6 Å². The summed E-state index contributed by atoms with van der Waals surface area (Å²) in [6, 6.07) is 15.0. The van der Waals surface area contributed by atoms with E-state index in [1.54, 1.807) is 18.0 Å². The number of benzene rings is 2. The molecule has 162 valence electrons. The van der Waals surface area contributed by atoms with Gasteiger partial charge in [0, 0.05) is 36.5 Å². The van der Waals surface area contributed by atoms with Crippen LogP contribution in [-0.4, -0.2) is 35.5 Å². The lowest BCUT2D eigenvalue weighted by atomic mass is 10.1. The summed E-state index contributed by atoms with van der Waals surface area (Å²) in [5.41, 5.74) is 3.24. The predicted octanol–water partition coefficient (Wildman–Crippen LogP) is 5.20. The van der Waals surface area contributed by atoms with E-state index in [0.29, 0.717) is 30.9 Å². The summed E-state index contributed by atoms with van der Waals surface area (Å²) in [6.45, 7) is 4.52. The summed E-state index contributed by atoms with van der Waals surface area (Å²) >= 11 is 0. The number of amides is 1. The molecule has 0 fully saturated rings. The molecular weight excluding hydrogens is 394 g/mol. The molecule has 0 aliphatic rings. The number of furan rings is 1. The molecule has 0 radical (unpaired) electrons. The molecule has 1 aromatic heterocycles. The Labute approximate surface area is 181 Å². The standard InChI is InChI=1S/C25H27NO5/c1-17(8-11-24(27)28)12-13-30-22-7-5-4-6-20(22)16-26(3)25(29)19-9-10-23-21(15-19)14-18(2)31-23/h4-7,9-10,12,14-15H,8,11,13,16H2,1-3H3,(H,27,28)/b17-12+. The minimum Gasteiger partial charge on any atom is -0.489 e. The van der Waals surface area contributed by atoms with E-state index < -0.39 is 5.97 Å². The molecule has 0 aliphatic carbocycles. The average Bonchev–Trinajstić information content (AvgIpc) is 3.12. The number of rotatable bonds is 9. The number of carboxylic acid groups (broad SMARTS) is 1. The number of hydrogen-bond acceptors (Lipinski definition) is 4. The van der Waals surface area contributed by atoms with Gasteiger partial charge in [0.1, 0.15) is 23.7 Å². The summed E-state index contributed by atoms with van der Waals surface area (Å²) in [7, 11) is 1.76. The van der Waals surface area contributed by atoms with Crippen LogP contribution < -0.4 is 4.74 Å². The highest BCUT2D eigenvalue weighted by Crippen LogP contribution is 2.23. The maximum atomic E-state index is 12.9. The van der Waals surface area contributed by atoms with E-state index in [1.165, 1.54) is 0 Å². The summed E-state index contributed by atoms with van der Waals surface area (Å²) < 4.78 is 11.5. The fourth-order valence-electron chi connectivity index (χ4n) is 3.31. The second-order valence-corrected chi connectivity index (χ2v) is 7.63. The fourth-order valence-corrected chi connectivity index (χ4v) is 3.31. The van der Waals surface area contributed by atoms with Gasteiger partial charge in [0.25, 0.3) is 5.91 Å². The number of carboxylic acids is 1. The number of para-hydroxylation sites is 1. The number of carbonyl (C=O) groups is 2. The first kappa shape index (κ1) is 22.2. The second-order valence-electron chi connectivity index (χ2n) is 7.63. The van der Waals surface area contributed by atoms with Crippen LogP contribution >= 0.6 is 0 Å². The van der Waals surface area contributed by atoms with Crippen molar-refractivity contribution >= 4 is 22.8 Å². The quantitative estimate of drug-likeness (QED) is 0.480. The first-order chi connectivity index (χ1) is 14.8. The van der Waals surface area contributed by atoms with E-state index >= 15 is 0 Å². The number of carbonyl (C=O) groups excluding carboxylic acids is 1. The van der Waals surface area contributed by atoms with Crippen molar-refractivity contribution in [3.8, 4) is 5.75 Å². The zero-order valence-corrected chi connectivity index (χ0v) is 18.1. The van der Waals surface area contributed by atoms with Crippen molar-refractivity contribution in [3.05, 3.63) is 77.1 Å². The van der Waals surface area contributed by atoms with Crippen LogP contribution in [0.25, 0.3) is 11.0 Å². The van der Waals surface area contributed by atoms with Crippen LogP contribution in [0.1, 0.15) is 41.4 Å². The second kappa shape index (κ2) is 9.98. The summed E-state index contributed by atoms with van der Waals surface area (Å²) in [5, 5.41) is 9.68. The monoisotopic (exact) mass is 421 g/mol. The smallest absolute Gasteiger partial charge is 0.303 e. The molecule has 0 bridgehead atoms. The van der Waals surface area contributed by atoms with Gasteiger partial charge in [-0.25, -0.2) is 0 Å². The fraction of sp³-hybridized carbons (Fsp3) is 0.280. The summed E-state index contributed by atoms with van der Waals surface area (Å²) in [6.07, 6.45) is 2.49. The highest BCUT2D eigenvalue weighted by molar-refractivity contribution is 5.97. The Morgan fingerprint density at radius 2 is 1.90 bits per heavy atom. The van der Waals surface area contributed by atoms with Crippen molar-refractivity contribution in [3.63, 3.8) is 0 Å². The molecule has 1 amide bonds. The third-order valence-corrected chi connectivity index (χ3v) is 5.02. The maximum absolute atomic E-state index is 12.9. The van der Waals surface area contributed by atoms with Gasteiger partial charge in [0.05, 0.1) is 0 Å². The Morgan fingerprint density at radius 1 is 1.13 bits per heavy atom. The molecule has 0 saturated carbocycles. The Bertz CT molecular complexity index is 1110. The van der Waals surface area contributed by atoms with Gasteiger partial charge in [0.2, 0.25) is 0 Å². The van der Waals surface area contributed by atoms with Gasteiger partial charge in [-0.05, 0) is 56.7 Å². The van der Waals surface area contributed by atoms with E-state index in [-0.39, 0.29) is 12.3 Å². The number of aliphatic carboxylic acids is 1. The van der Waals surface area contributed by atoms with E-state index in [9.17, 15) is 9.59 Å². The number of aryl methyl sites for hydroxylation is 1. The van der Waals surface area contributed by atoms with Crippen molar-refractivity contribution in [2.24, 2.45) is 0 Å². The number of ether oxygens (including phenoxy) is 1. The van der Waals surface area contributed by atoms with Crippen molar-refractivity contribution in [2.45, 2.75) is 33.2 Å². The van der Waals surface area contributed by atoms with E-state index in [1.807, 2.05) is 62.4 Å². The molecule has 2 aromatic carbocycles.